The number of hydrogen-bond acceptors (Lipinski definition) is 4. The second-order valence-electron chi connectivity index (χ2n) is 5.47. The van der Waals surface area contributed by atoms with Gasteiger partial charge in [0.25, 0.3) is 0 Å². The molecule has 0 aliphatic carbocycles. The molecule has 0 aliphatic rings. The zero-order valence-electron chi connectivity index (χ0n) is 14.0. The normalized spacial score (nSPS) is 12.0. The van der Waals surface area contributed by atoms with Gasteiger partial charge in [-0.2, -0.15) is 0 Å². The average molecular weight is 309 g/mol. The minimum absolute atomic E-state index is 0.00185. The van der Waals surface area contributed by atoms with Gasteiger partial charge in [-0.05, 0) is 26.7 Å². The van der Waals surface area contributed by atoms with E-state index in [1.54, 1.807) is 17.9 Å². The molecule has 0 aromatic carbocycles. The van der Waals surface area contributed by atoms with E-state index in [-0.39, 0.29) is 24.3 Å². The molecule has 0 spiro atoms. The zero-order valence-corrected chi connectivity index (χ0v) is 14.0. The minimum atomic E-state index is -0.256. The molecule has 6 nitrogen and oxygen atoms in total. The van der Waals surface area contributed by atoms with Crippen LogP contribution in [0.4, 0.5) is 5.82 Å². The molecular weight excluding hydrogens is 282 g/mol. The zero-order chi connectivity index (χ0) is 16.5. The summed E-state index contributed by atoms with van der Waals surface area (Å²) in [6, 6.07) is 1.64. The highest BCUT2D eigenvalue weighted by Crippen LogP contribution is 2.16. The number of nitrogens with one attached hydrogen (secondary N) is 1. The third kappa shape index (κ3) is 5.50. The van der Waals surface area contributed by atoms with Crippen LogP contribution in [0.25, 0.3) is 0 Å². The van der Waals surface area contributed by atoms with Crippen molar-refractivity contribution in [2.45, 2.75) is 53.4 Å². The highest BCUT2D eigenvalue weighted by molar-refractivity contribution is 5.94. The molecule has 124 valence electrons. The molecule has 0 saturated heterocycles. The smallest absolute Gasteiger partial charge is 0.245 e. The van der Waals surface area contributed by atoms with Crippen LogP contribution in [0.3, 0.4) is 0 Å². The van der Waals surface area contributed by atoms with Gasteiger partial charge in [0.1, 0.15) is 5.76 Å². The van der Waals surface area contributed by atoms with Crippen molar-refractivity contribution in [1.29, 1.82) is 0 Å². The van der Waals surface area contributed by atoms with Gasteiger partial charge < -0.3 is 14.7 Å². The van der Waals surface area contributed by atoms with Crippen molar-refractivity contribution in [3.63, 3.8) is 0 Å². The fourth-order valence-corrected chi connectivity index (χ4v) is 2.34. The molecule has 1 unspecified atom stereocenters. The summed E-state index contributed by atoms with van der Waals surface area (Å²) in [7, 11) is 0. The monoisotopic (exact) mass is 309 g/mol. The van der Waals surface area contributed by atoms with Crippen LogP contribution in [0.15, 0.2) is 10.6 Å². The molecule has 0 aliphatic heterocycles. The number of amides is 2. The molecule has 1 aromatic heterocycles. The molecule has 0 fully saturated rings. The Morgan fingerprint density at radius 2 is 2.09 bits per heavy atom. The Kier molecular flexibility index (Phi) is 7.63. The Morgan fingerprint density at radius 1 is 1.36 bits per heavy atom. The number of carbonyl (C=O) groups excluding carboxylic acids is 2. The van der Waals surface area contributed by atoms with E-state index in [1.165, 1.54) is 0 Å². The Balaban J connectivity index is 2.58. The number of unbranched alkanes of at least 4 members (excludes halogenated alkanes) is 1. The van der Waals surface area contributed by atoms with Crippen LogP contribution in [0.5, 0.6) is 0 Å². The van der Waals surface area contributed by atoms with Crippen LogP contribution in [0.1, 0.15) is 52.2 Å². The van der Waals surface area contributed by atoms with Gasteiger partial charge >= 0.3 is 0 Å². The first-order chi connectivity index (χ1) is 10.5. The van der Waals surface area contributed by atoms with Crippen LogP contribution in [-0.2, 0) is 9.59 Å². The van der Waals surface area contributed by atoms with E-state index in [9.17, 15) is 9.59 Å². The standard InChI is InChI=1S/C16H27N3O3/c1-5-8-9-13(6-2)16(21)19(7-3)11-15(20)17-14-10-12(4)22-18-14/h10,13H,5-9,11H2,1-4H3,(H,17,18,20). The Labute approximate surface area is 132 Å². The number of hydrogen-bond donors (Lipinski definition) is 1. The third-order valence-electron chi connectivity index (χ3n) is 3.67. The first-order valence-corrected chi connectivity index (χ1v) is 8.03. The van der Waals surface area contributed by atoms with Gasteiger partial charge in [0.15, 0.2) is 5.82 Å². The predicted octanol–water partition coefficient (Wildman–Crippen LogP) is 2.99. The maximum atomic E-state index is 12.5. The van der Waals surface area contributed by atoms with Gasteiger partial charge in [-0.15, -0.1) is 0 Å². The van der Waals surface area contributed by atoms with E-state index < -0.39 is 0 Å². The second kappa shape index (κ2) is 9.23. The summed E-state index contributed by atoms with van der Waals surface area (Å²) < 4.78 is 4.90. The fraction of sp³-hybridized carbons (Fsp3) is 0.688. The average Bonchev–Trinajstić information content (AvgIpc) is 2.90. The number of nitrogens with zero attached hydrogens (tertiary/aromatic N) is 2. The van der Waals surface area contributed by atoms with E-state index >= 15 is 0 Å². The maximum Gasteiger partial charge on any atom is 0.245 e. The topological polar surface area (TPSA) is 75.4 Å². The maximum absolute atomic E-state index is 12.5. The molecular formula is C16H27N3O3. The minimum Gasteiger partial charge on any atom is -0.360 e. The number of aryl methyl sites for hydroxylation is 1. The third-order valence-corrected chi connectivity index (χ3v) is 3.67. The van der Waals surface area contributed by atoms with E-state index in [0.717, 1.165) is 25.7 Å². The summed E-state index contributed by atoms with van der Waals surface area (Å²) in [4.78, 5) is 26.2. The van der Waals surface area contributed by atoms with Gasteiger partial charge in [-0.25, -0.2) is 0 Å². The number of aromatic nitrogens is 1. The quantitative estimate of drug-likeness (QED) is 0.761. The summed E-state index contributed by atoms with van der Waals surface area (Å²) in [5, 5.41) is 6.36. The number of rotatable bonds is 9. The van der Waals surface area contributed by atoms with Gasteiger partial charge in [-0.3, -0.25) is 9.59 Å². The lowest BCUT2D eigenvalue weighted by Crippen LogP contribution is -2.41. The van der Waals surface area contributed by atoms with Crippen LogP contribution < -0.4 is 5.32 Å². The summed E-state index contributed by atoms with van der Waals surface area (Å²) in [6.07, 6.45) is 3.79. The number of anilines is 1. The van der Waals surface area contributed by atoms with Crippen molar-refractivity contribution in [2.75, 3.05) is 18.4 Å². The molecule has 0 bridgehead atoms. The number of carbonyl (C=O) groups is 2. The fourth-order valence-electron chi connectivity index (χ4n) is 2.34. The van der Waals surface area contributed by atoms with Gasteiger partial charge in [0, 0.05) is 18.5 Å². The number of likely N-dealkylation sites (N-methyl/N-ethyl adjacent to an activating group) is 1. The van der Waals surface area contributed by atoms with Crippen molar-refractivity contribution in [3.05, 3.63) is 11.8 Å². The lowest BCUT2D eigenvalue weighted by Gasteiger charge is -2.25. The molecule has 22 heavy (non-hydrogen) atoms. The van der Waals surface area contributed by atoms with E-state index in [4.69, 9.17) is 4.52 Å². The summed E-state index contributed by atoms with van der Waals surface area (Å²) in [5.74, 6) is 0.814. The molecule has 0 saturated carbocycles. The van der Waals surface area contributed by atoms with Gasteiger partial charge in [0.05, 0.1) is 6.54 Å². The van der Waals surface area contributed by atoms with Crippen LogP contribution in [-0.4, -0.2) is 35.0 Å². The van der Waals surface area contributed by atoms with Crippen LogP contribution in [0, 0.1) is 12.8 Å². The summed E-state index contributed by atoms with van der Waals surface area (Å²) in [6.45, 7) is 8.34. The van der Waals surface area contributed by atoms with Crippen molar-refractivity contribution in [2.24, 2.45) is 5.92 Å². The SMILES string of the molecule is CCCCC(CC)C(=O)N(CC)CC(=O)Nc1cc(C)on1. The van der Waals surface area contributed by atoms with Crippen molar-refractivity contribution in [1.82, 2.24) is 10.1 Å². The molecule has 6 heteroatoms. The van der Waals surface area contributed by atoms with Crippen molar-refractivity contribution in [3.8, 4) is 0 Å². The lowest BCUT2D eigenvalue weighted by molar-refractivity contribution is -0.138. The second-order valence-corrected chi connectivity index (χ2v) is 5.47. The van der Waals surface area contributed by atoms with E-state index in [0.29, 0.717) is 18.1 Å². The first kappa shape index (κ1) is 18.2. The van der Waals surface area contributed by atoms with Crippen molar-refractivity contribution < 1.29 is 14.1 Å². The highest BCUT2D eigenvalue weighted by Gasteiger charge is 2.23. The Hall–Kier alpha value is -1.85. The molecule has 1 N–H and O–H groups in total. The lowest BCUT2D eigenvalue weighted by atomic mass is 9.97. The summed E-state index contributed by atoms with van der Waals surface area (Å²) >= 11 is 0. The van der Waals surface area contributed by atoms with E-state index in [2.05, 4.69) is 17.4 Å². The predicted molar refractivity (Wildman–Crippen MR) is 85.4 cm³/mol. The van der Waals surface area contributed by atoms with Gasteiger partial charge in [-0.1, -0.05) is 31.8 Å². The van der Waals surface area contributed by atoms with Crippen LogP contribution >= 0.6 is 0 Å². The molecule has 1 rings (SSSR count). The molecule has 1 atom stereocenters. The van der Waals surface area contributed by atoms with E-state index in [1.807, 2.05) is 13.8 Å². The molecule has 1 heterocycles. The largest absolute Gasteiger partial charge is 0.360 e. The van der Waals surface area contributed by atoms with Crippen molar-refractivity contribution >= 4 is 17.6 Å². The Morgan fingerprint density at radius 3 is 2.59 bits per heavy atom. The van der Waals surface area contributed by atoms with Crippen LogP contribution in [0.2, 0.25) is 0 Å². The highest BCUT2D eigenvalue weighted by atomic mass is 16.5. The Bertz CT molecular complexity index is 485. The molecule has 2 amide bonds. The first-order valence-electron chi connectivity index (χ1n) is 8.03. The summed E-state index contributed by atoms with van der Waals surface area (Å²) in [5.41, 5.74) is 0. The molecule has 1 aromatic rings. The van der Waals surface area contributed by atoms with Gasteiger partial charge in [0.2, 0.25) is 11.8 Å². The molecule has 0 radical (unpaired) electrons.